The van der Waals surface area contributed by atoms with Crippen LogP contribution in [-0.4, -0.2) is 34.6 Å². The number of carbonyl (C=O) groups is 1. The zero-order chi connectivity index (χ0) is 23.6. The molecule has 1 amide bonds. The molecule has 3 aromatic rings. The number of benzene rings is 3. The van der Waals surface area contributed by atoms with E-state index < -0.39 is 10.0 Å². The minimum Gasteiger partial charge on any atom is -0.497 e. The summed E-state index contributed by atoms with van der Waals surface area (Å²) in [6.45, 7) is 2.12. The van der Waals surface area contributed by atoms with Crippen LogP contribution in [0.3, 0.4) is 0 Å². The number of carbonyl (C=O) groups excluding carboxylic acids is 1. The molecule has 0 fully saturated rings. The van der Waals surface area contributed by atoms with E-state index in [0.29, 0.717) is 17.1 Å². The summed E-state index contributed by atoms with van der Waals surface area (Å²) in [6, 6.07) is 19.0. The lowest BCUT2D eigenvalue weighted by Crippen LogP contribution is -2.35. The summed E-state index contributed by atoms with van der Waals surface area (Å²) in [5.41, 5.74) is 3.21. The number of nitrogens with one attached hydrogen (secondary N) is 1. The lowest BCUT2D eigenvalue weighted by molar-refractivity contribution is 0.0981. The van der Waals surface area contributed by atoms with Crippen molar-refractivity contribution in [3.63, 3.8) is 0 Å². The molecule has 172 valence electrons. The van der Waals surface area contributed by atoms with E-state index in [1.165, 1.54) is 19.2 Å². The number of hydrogen-bond acceptors (Lipinski definition) is 5. The van der Waals surface area contributed by atoms with Crippen LogP contribution in [0.2, 0.25) is 0 Å². The quantitative estimate of drug-likeness (QED) is 0.573. The molecule has 3 aromatic carbocycles. The maximum absolute atomic E-state index is 13.2. The van der Waals surface area contributed by atoms with Gasteiger partial charge in [0, 0.05) is 23.8 Å². The summed E-state index contributed by atoms with van der Waals surface area (Å²) < 4.78 is 38.2. The van der Waals surface area contributed by atoms with Crippen molar-refractivity contribution in [2.75, 3.05) is 19.1 Å². The Morgan fingerprint density at radius 2 is 1.58 bits per heavy atom. The van der Waals surface area contributed by atoms with Gasteiger partial charge in [0.2, 0.25) is 10.0 Å². The highest BCUT2D eigenvalue weighted by atomic mass is 32.2. The van der Waals surface area contributed by atoms with Crippen LogP contribution in [0.4, 0.5) is 5.69 Å². The van der Waals surface area contributed by atoms with Crippen LogP contribution in [0, 0.1) is 0 Å². The van der Waals surface area contributed by atoms with Crippen molar-refractivity contribution in [3.05, 3.63) is 83.4 Å². The molecule has 8 heteroatoms. The smallest absolute Gasteiger partial charge is 0.258 e. The maximum Gasteiger partial charge on any atom is 0.258 e. The topological polar surface area (TPSA) is 84.9 Å². The van der Waals surface area contributed by atoms with Crippen molar-refractivity contribution in [2.45, 2.75) is 30.8 Å². The molecule has 7 nitrogen and oxygen atoms in total. The first-order valence-corrected chi connectivity index (χ1v) is 12.0. The molecule has 1 atom stereocenters. The van der Waals surface area contributed by atoms with Gasteiger partial charge in [-0.1, -0.05) is 12.1 Å². The van der Waals surface area contributed by atoms with E-state index in [9.17, 15) is 13.2 Å². The summed E-state index contributed by atoms with van der Waals surface area (Å²) in [7, 11) is -0.575. The largest absolute Gasteiger partial charge is 0.497 e. The van der Waals surface area contributed by atoms with Gasteiger partial charge in [-0.25, -0.2) is 13.1 Å². The van der Waals surface area contributed by atoms with E-state index >= 15 is 0 Å². The number of methoxy groups -OCH3 is 2. The van der Waals surface area contributed by atoms with Crippen LogP contribution in [0.1, 0.15) is 28.4 Å². The van der Waals surface area contributed by atoms with Gasteiger partial charge in [-0.05, 0) is 79.1 Å². The van der Waals surface area contributed by atoms with Crippen LogP contribution < -0.4 is 19.1 Å². The fourth-order valence-electron chi connectivity index (χ4n) is 3.96. The van der Waals surface area contributed by atoms with Crippen molar-refractivity contribution in [1.29, 1.82) is 0 Å². The minimum atomic E-state index is -3.69. The second-order valence-electron chi connectivity index (χ2n) is 7.92. The zero-order valence-corrected chi connectivity index (χ0v) is 19.6. The first-order valence-electron chi connectivity index (χ1n) is 10.6. The SMILES string of the molecule is COc1ccc(C(=O)N2c3cc(CNS(=O)(=O)c4ccc(OC)cc4)ccc3C[C@@H]2C)cc1. The van der Waals surface area contributed by atoms with E-state index in [1.54, 1.807) is 48.4 Å². The summed E-state index contributed by atoms with van der Waals surface area (Å²) in [6.07, 6.45) is 0.745. The van der Waals surface area contributed by atoms with Crippen LogP contribution in [0.5, 0.6) is 11.5 Å². The molecule has 0 saturated carbocycles. The highest BCUT2D eigenvalue weighted by Gasteiger charge is 2.31. The Hall–Kier alpha value is -3.36. The monoisotopic (exact) mass is 466 g/mol. The summed E-state index contributed by atoms with van der Waals surface area (Å²) in [4.78, 5) is 15.2. The fraction of sp³-hybridized carbons (Fsp3) is 0.240. The summed E-state index contributed by atoms with van der Waals surface area (Å²) in [5.74, 6) is 1.18. The zero-order valence-electron chi connectivity index (χ0n) is 18.7. The van der Waals surface area contributed by atoms with Crippen molar-refractivity contribution >= 4 is 21.6 Å². The molecule has 1 heterocycles. The number of ether oxygens (including phenoxy) is 2. The van der Waals surface area contributed by atoms with Crippen molar-refractivity contribution in [1.82, 2.24) is 4.72 Å². The molecule has 0 aliphatic carbocycles. The minimum absolute atomic E-state index is 0.000780. The third kappa shape index (κ3) is 4.72. The molecule has 4 rings (SSSR count). The molecular weight excluding hydrogens is 440 g/mol. The maximum atomic E-state index is 13.2. The van der Waals surface area contributed by atoms with Gasteiger partial charge in [0.15, 0.2) is 0 Å². The normalized spacial score (nSPS) is 15.2. The number of amides is 1. The Balaban J connectivity index is 1.53. The van der Waals surface area contributed by atoms with Gasteiger partial charge in [0.05, 0.1) is 19.1 Å². The molecule has 1 N–H and O–H groups in total. The predicted octanol–water partition coefficient (Wildman–Crippen LogP) is 3.77. The molecule has 33 heavy (non-hydrogen) atoms. The van der Waals surface area contributed by atoms with Crippen molar-refractivity contribution in [2.24, 2.45) is 0 Å². The standard InChI is InChI=1S/C25H26N2O5S/c1-17-14-20-5-4-18(16-26-33(29,30)23-12-10-22(32-3)11-13-23)15-24(20)27(17)25(28)19-6-8-21(31-2)9-7-19/h4-13,15,17,26H,14,16H2,1-3H3/t17-/m0/s1. The molecule has 0 bridgehead atoms. The van der Waals surface area contributed by atoms with Gasteiger partial charge in [-0.3, -0.25) is 4.79 Å². The van der Waals surface area contributed by atoms with Gasteiger partial charge in [-0.2, -0.15) is 0 Å². The van der Waals surface area contributed by atoms with E-state index in [4.69, 9.17) is 9.47 Å². The van der Waals surface area contributed by atoms with E-state index in [2.05, 4.69) is 4.72 Å². The van der Waals surface area contributed by atoms with Crippen LogP contribution in [-0.2, 0) is 23.0 Å². The fourth-order valence-corrected chi connectivity index (χ4v) is 4.98. The van der Waals surface area contributed by atoms with Crippen LogP contribution >= 0.6 is 0 Å². The third-order valence-electron chi connectivity index (χ3n) is 5.76. The second-order valence-corrected chi connectivity index (χ2v) is 9.69. The average molecular weight is 467 g/mol. The molecule has 0 aromatic heterocycles. The third-order valence-corrected chi connectivity index (χ3v) is 7.17. The van der Waals surface area contributed by atoms with Gasteiger partial charge in [0.25, 0.3) is 5.91 Å². The number of sulfonamides is 1. The molecular formula is C25H26N2O5S. The first kappa shape index (κ1) is 22.8. The summed E-state index contributed by atoms with van der Waals surface area (Å²) in [5, 5.41) is 0. The molecule has 0 radical (unpaired) electrons. The van der Waals surface area contributed by atoms with E-state index in [-0.39, 0.29) is 23.4 Å². The van der Waals surface area contributed by atoms with Gasteiger partial charge < -0.3 is 14.4 Å². The molecule has 0 unspecified atom stereocenters. The molecule has 0 spiro atoms. The highest BCUT2D eigenvalue weighted by molar-refractivity contribution is 7.89. The Labute approximate surface area is 194 Å². The Kier molecular flexibility index (Phi) is 6.40. The van der Waals surface area contributed by atoms with Gasteiger partial charge in [0.1, 0.15) is 11.5 Å². The summed E-state index contributed by atoms with van der Waals surface area (Å²) >= 11 is 0. The number of anilines is 1. The highest BCUT2D eigenvalue weighted by Crippen LogP contribution is 2.34. The Bertz CT molecular complexity index is 1250. The molecule has 0 saturated heterocycles. The average Bonchev–Trinajstić information content (AvgIpc) is 3.17. The molecule has 1 aliphatic rings. The van der Waals surface area contributed by atoms with E-state index in [1.807, 2.05) is 25.1 Å². The number of nitrogens with zero attached hydrogens (tertiary/aromatic N) is 1. The van der Waals surface area contributed by atoms with Gasteiger partial charge >= 0.3 is 0 Å². The Morgan fingerprint density at radius 1 is 0.970 bits per heavy atom. The van der Waals surface area contributed by atoms with Crippen molar-refractivity contribution in [3.8, 4) is 11.5 Å². The van der Waals surface area contributed by atoms with Crippen molar-refractivity contribution < 1.29 is 22.7 Å². The molecule has 1 aliphatic heterocycles. The number of hydrogen-bond donors (Lipinski definition) is 1. The predicted molar refractivity (Wildman–Crippen MR) is 126 cm³/mol. The second kappa shape index (κ2) is 9.25. The lowest BCUT2D eigenvalue weighted by Gasteiger charge is -2.23. The van der Waals surface area contributed by atoms with Gasteiger partial charge in [-0.15, -0.1) is 0 Å². The van der Waals surface area contributed by atoms with Crippen LogP contribution in [0.15, 0.2) is 71.6 Å². The number of fused-ring (bicyclic) bond motifs is 1. The lowest BCUT2D eigenvalue weighted by atomic mass is 10.1. The Morgan fingerprint density at radius 3 is 2.18 bits per heavy atom. The van der Waals surface area contributed by atoms with Crippen LogP contribution in [0.25, 0.3) is 0 Å². The van der Waals surface area contributed by atoms with E-state index in [0.717, 1.165) is 23.2 Å². The first-order chi connectivity index (χ1) is 15.8. The number of rotatable bonds is 7.